The van der Waals surface area contributed by atoms with Gasteiger partial charge in [-0.25, -0.2) is 4.99 Å². The lowest BCUT2D eigenvalue weighted by Crippen LogP contribution is -2.16. The number of carbonyl (C=O) groups is 4. The fourth-order valence-corrected chi connectivity index (χ4v) is 5.87. The number of aromatic amines is 2. The number of aromatic nitrogens is 2. The molecule has 2 aromatic heterocycles. The van der Waals surface area contributed by atoms with Crippen molar-refractivity contribution in [2.75, 3.05) is 7.11 Å². The largest absolute Gasteiger partial charge is 0.481 e. The molecule has 1 atom stereocenters. The number of amides is 2. The molecule has 2 amide bonds. The van der Waals surface area contributed by atoms with Gasteiger partial charge in [-0.1, -0.05) is 13.0 Å². The van der Waals surface area contributed by atoms with Crippen LogP contribution in [0.2, 0.25) is 0 Å². The topological polar surface area (TPSA) is 154 Å². The Kier molecular flexibility index (Phi) is 9.71. The normalized spacial score (nSPS) is 19.5. The van der Waals surface area contributed by atoms with E-state index >= 15 is 0 Å². The van der Waals surface area contributed by atoms with Crippen LogP contribution in [0, 0.1) is 19.8 Å². The molecule has 1 fully saturated rings. The molecule has 0 radical (unpaired) electrons. The van der Waals surface area contributed by atoms with Gasteiger partial charge in [-0.05, 0) is 106 Å². The first-order valence-electron chi connectivity index (χ1n) is 14.8. The molecule has 10 heteroatoms. The van der Waals surface area contributed by atoms with Crippen molar-refractivity contribution in [1.29, 1.82) is 0 Å². The summed E-state index contributed by atoms with van der Waals surface area (Å²) in [5.74, 6) is -1.80. The molecule has 2 aromatic rings. The highest BCUT2D eigenvalue weighted by molar-refractivity contribution is 6.30. The third kappa shape index (κ3) is 6.44. The number of allylic oxidation sites excluding steroid dienone is 3. The Morgan fingerprint density at radius 1 is 0.955 bits per heavy atom. The molecule has 10 nitrogen and oxygen atoms in total. The summed E-state index contributed by atoms with van der Waals surface area (Å²) in [6.45, 7) is 11.5. The molecule has 0 spiro atoms. The zero-order chi connectivity index (χ0) is 32.3. The van der Waals surface area contributed by atoms with Crippen LogP contribution in [0.25, 0.3) is 18.2 Å². The average Bonchev–Trinajstić information content (AvgIpc) is 3.63. The van der Waals surface area contributed by atoms with Crippen molar-refractivity contribution in [3.05, 3.63) is 72.8 Å². The number of esters is 1. The van der Waals surface area contributed by atoms with Crippen LogP contribution in [-0.2, 0) is 36.8 Å². The minimum atomic E-state index is -0.905. The van der Waals surface area contributed by atoms with E-state index in [9.17, 15) is 24.3 Å². The van der Waals surface area contributed by atoms with Gasteiger partial charge in [0.15, 0.2) is 0 Å². The summed E-state index contributed by atoms with van der Waals surface area (Å²) >= 11 is 0. The van der Waals surface area contributed by atoms with Gasteiger partial charge in [0.1, 0.15) is 0 Å². The van der Waals surface area contributed by atoms with E-state index in [0.29, 0.717) is 36.2 Å². The third-order valence-electron chi connectivity index (χ3n) is 8.57. The van der Waals surface area contributed by atoms with Gasteiger partial charge in [-0.3, -0.25) is 19.2 Å². The molecule has 4 rings (SSSR count). The number of carboxylic acids is 1. The molecule has 0 saturated carbocycles. The molecule has 1 unspecified atom stereocenters. The maximum Gasteiger partial charge on any atom is 0.305 e. The fourth-order valence-electron chi connectivity index (χ4n) is 5.87. The van der Waals surface area contributed by atoms with Crippen molar-refractivity contribution in [3.63, 3.8) is 0 Å². The summed E-state index contributed by atoms with van der Waals surface area (Å²) in [6, 6.07) is 0. The van der Waals surface area contributed by atoms with Crippen LogP contribution in [0.4, 0.5) is 0 Å². The molecule has 1 saturated heterocycles. The van der Waals surface area contributed by atoms with Crippen molar-refractivity contribution >= 4 is 47.7 Å². The van der Waals surface area contributed by atoms with E-state index < -0.39 is 5.97 Å². The zero-order valence-electron chi connectivity index (χ0n) is 26.4. The number of aliphatic carboxylic acids is 1. The highest BCUT2D eigenvalue weighted by Gasteiger charge is 2.29. The minimum Gasteiger partial charge on any atom is -0.481 e. The molecular formula is C34H40N4O6. The summed E-state index contributed by atoms with van der Waals surface area (Å²) in [5.41, 5.74) is 8.75. The number of hydrogen-bond donors (Lipinski definition) is 4. The number of hydrogen-bond acceptors (Lipinski definition) is 5. The average molecular weight is 601 g/mol. The lowest BCUT2D eigenvalue weighted by atomic mass is 10.00. The fraction of sp³-hybridized carbons (Fsp3) is 0.382. The van der Waals surface area contributed by atoms with E-state index in [4.69, 9.17) is 4.74 Å². The Hall–Kier alpha value is -4.73. The predicted octanol–water partition coefficient (Wildman–Crippen LogP) is 3.45. The highest BCUT2D eigenvalue weighted by Crippen LogP contribution is 2.29. The van der Waals surface area contributed by atoms with Gasteiger partial charge in [-0.2, -0.15) is 0 Å². The Labute approximate surface area is 256 Å². The van der Waals surface area contributed by atoms with Gasteiger partial charge in [0, 0.05) is 46.2 Å². The van der Waals surface area contributed by atoms with E-state index in [1.54, 1.807) is 0 Å². The molecule has 2 aliphatic heterocycles. The lowest BCUT2D eigenvalue weighted by Gasteiger charge is -2.03. The van der Waals surface area contributed by atoms with E-state index in [2.05, 4.69) is 20.3 Å². The molecule has 0 aliphatic carbocycles. The Morgan fingerprint density at radius 2 is 1.66 bits per heavy atom. The number of nitrogens with one attached hydrogen (secondary N) is 3. The summed E-state index contributed by atoms with van der Waals surface area (Å²) in [5, 5.41) is 13.9. The SMILES string of the molecule is C/C=C1\C(=C\c2[nH]c(/C=c3\[nH]/c(=C\C4=NC(=O)C(CC)=C4C)c(C)c3CCC(=O)OC)c(CCC(=O)O)c2C)NC(=O)C1C. The van der Waals surface area contributed by atoms with Gasteiger partial charge in [0.05, 0.1) is 18.7 Å². The molecule has 4 heterocycles. The van der Waals surface area contributed by atoms with Crippen LogP contribution in [0.3, 0.4) is 0 Å². The van der Waals surface area contributed by atoms with Crippen molar-refractivity contribution < 1.29 is 29.0 Å². The van der Waals surface area contributed by atoms with Crippen molar-refractivity contribution in [3.8, 4) is 0 Å². The Balaban J connectivity index is 1.91. The summed E-state index contributed by atoms with van der Waals surface area (Å²) in [6.07, 6.45) is 9.01. The number of carboxylic acid groups (broad SMARTS) is 1. The summed E-state index contributed by atoms with van der Waals surface area (Å²) in [7, 11) is 1.35. The Bertz CT molecular complexity index is 1790. The standard InChI is InChI=1S/C34H40N4O6/c1-8-21-20(6)33(42)38-28(21)15-26-18(4)23(10-12-31(39)40)29(36-26)16-30-24(11-13-32(41)44-7)19(5)25(35-30)14-27-17(3)22(9-2)34(43)37-27/h8,14-16,20,35-36H,9-13H2,1-7H3,(H,38,42)(H,39,40)/b21-8-,25-14-,28-15-,30-16-. The maximum absolute atomic E-state index is 12.4. The number of carbonyl (C=O) groups excluding carboxylic acids is 3. The highest BCUT2D eigenvalue weighted by atomic mass is 16.5. The molecule has 4 N–H and O–H groups in total. The zero-order valence-corrected chi connectivity index (χ0v) is 26.4. The van der Waals surface area contributed by atoms with E-state index in [-0.39, 0.29) is 36.5 Å². The van der Waals surface area contributed by atoms with Crippen LogP contribution in [0.1, 0.15) is 80.6 Å². The molecule has 2 aliphatic rings. The number of H-pyrrole nitrogens is 2. The first kappa shape index (κ1) is 32.2. The number of ether oxygens (including phenoxy) is 1. The first-order chi connectivity index (χ1) is 20.9. The maximum atomic E-state index is 12.4. The van der Waals surface area contributed by atoms with Crippen LogP contribution < -0.4 is 16.0 Å². The third-order valence-corrected chi connectivity index (χ3v) is 8.57. The van der Waals surface area contributed by atoms with Crippen molar-refractivity contribution in [1.82, 2.24) is 15.3 Å². The monoisotopic (exact) mass is 600 g/mol. The van der Waals surface area contributed by atoms with Crippen molar-refractivity contribution in [2.45, 2.75) is 73.6 Å². The lowest BCUT2D eigenvalue weighted by molar-refractivity contribution is -0.140. The first-order valence-corrected chi connectivity index (χ1v) is 14.8. The second-order valence-corrected chi connectivity index (χ2v) is 11.1. The summed E-state index contributed by atoms with van der Waals surface area (Å²) in [4.78, 5) is 59.6. The molecule has 44 heavy (non-hydrogen) atoms. The van der Waals surface area contributed by atoms with Crippen LogP contribution in [0.15, 0.2) is 33.5 Å². The number of aliphatic imine (C=N–C) groups is 1. The van der Waals surface area contributed by atoms with Crippen molar-refractivity contribution in [2.24, 2.45) is 10.9 Å². The van der Waals surface area contributed by atoms with Gasteiger partial charge in [-0.15, -0.1) is 0 Å². The minimum absolute atomic E-state index is 0.0549. The second-order valence-electron chi connectivity index (χ2n) is 11.1. The Morgan fingerprint density at radius 3 is 2.27 bits per heavy atom. The smallest absolute Gasteiger partial charge is 0.305 e. The number of rotatable bonds is 10. The molecule has 232 valence electrons. The molecule has 0 aromatic carbocycles. The molecular weight excluding hydrogens is 560 g/mol. The number of methoxy groups -OCH3 is 1. The number of nitrogens with zero attached hydrogens (tertiary/aromatic N) is 1. The summed E-state index contributed by atoms with van der Waals surface area (Å²) < 4.78 is 4.89. The molecule has 0 bridgehead atoms. The van der Waals surface area contributed by atoms with Gasteiger partial charge >= 0.3 is 11.9 Å². The van der Waals surface area contributed by atoms with Crippen LogP contribution in [-0.4, -0.2) is 51.6 Å². The van der Waals surface area contributed by atoms with Crippen LogP contribution >= 0.6 is 0 Å². The predicted molar refractivity (Wildman–Crippen MR) is 169 cm³/mol. The van der Waals surface area contributed by atoms with Gasteiger partial charge in [0.2, 0.25) is 5.91 Å². The van der Waals surface area contributed by atoms with Crippen LogP contribution in [0.5, 0.6) is 0 Å². The second kappa shape index (κ2) is 13.3. The quantitative estimate of drug-likeness (QED) is 0.307. The van der Waals surface area contributed by atoms with Gasteiger partial charge in [0.25, 0.3) is 5.91 Å². The van der Waals surface area contributed by atoms with E-state index in [0.717, 1.165) is 55.5 Å². The van der Waals surface area contributed by atoms with E-state index in [1.165, 1.54) is 7.11 Å². The van der Waals surface area contributed by atoms with E-state index in [1.807, 2.05) is 65.8 Å². The van der Waals surface area contributed by atoms with Gasteiger partial charge < -0.3 is 25.1 Å².